The van der Waals surface area contributed by atoms with Crippen LogP contribution in [0.4, 0.5) is 5.69 Å². The Hall–Kier alpha value is -5.98. The molecule has 4 aromatic carbocycles. The molecule has 13 nitrogen and oxygen atoms in total. The second kappa shape index (κ2) is 15.1. The fourth-order valence-electron chi connectivity index (χ4n) is 5.34. The minimum Gasteiger partial charge on any atom is -0.497 e. The van der Waals surface area contributed by atoms with Gasteiger partial charge in [-0.3, -0.25) is 9.59 Å². The van der Waals surface area contributed by atoms with Gasteiger partial charge in [-0.25, -0.2) is 4.68 Å². The van der Waals surface area contributed by atoms with Crippen LogP contribution < -0.4 is 33.7 Å². The maximum absolute atomic E-state index is 14.6. The van der Waals surface area contributed by atoms with Crippen LogP contribution in [0.3, 0.4) is 0 Å². The number of methoxy groups -OCH3 is 6. The van der Waals surface area contributed by atoms with E-state index in [0.29, 0.717) is 56.8 Å². The van der Waals surface area contributed by atoms with Gasteiger partial charge < -0.3 is 38.6 Å². The first-order valence-electron chi connectivity index (χ1n) is 14.9. The fourth-order valence-corrected chi connectivity index (χ4v) is 5.34. The third-order valence-electron chi connectivity index (χ3n) is 7.77. The predicted molar refractivity (Wildman–Crippen MR) is 178 cm³/mol. The number of aromatic nitrogens is 3. The first kappa shape index (κ1) is 33.4. The third-order valence-corrected chi connectivity index (χ3v) is 7.77. The van der Waals surface area contributed by atoms with Crippen molar-refractivity contribution in [2.45, 2.75) is 19.1 Å². The molecule has 1 heterocycles. The van der Waals surface area contributed by atoms with Crippen molar-refractivity contribution in [2.24, 2.45) is 0 Å². The molecule has 250 valence electrons. The molecular formula is C35H37N5O8. The van der Waals surface area contributed by atoms with Gasteiger partial charge in [-0.15, -0.1) is 5.10 Å². The largest absolute Gasteiger partial charge is 0.497 e. The van der Waals surface area contributed by atoms with Crippen molar-refractivity contribution in [2.75, 3.05) is 48.0 Å². The highest BCUT2D eigenvalue weighted by atomic mass is 16.5. The van der Waals surface area contributed by atoms with Gasteiger partial charge in [0.2, 0.25) is 11.7 Å². The maximum atomic E-state index is 14.6. The number of ether oxygens (including phenoxy) is 6. The van der Waals surface area contributed by atoms with Crippen molar-refractivity contribution < 1.29 is 38.0 Å². The number of carbonyl (C=O) groups excluding carboxylic acids is 2. The van der Waals surface area contributed by atoms with Crippen LogP contribution in [0.1, 0.15) is 17.2 Å². The van der Waals surface area contributed by atoms with Crippen molar-refractivity contribution in [3.05, 3.63) is 90.0 Å². The van der Waals surface area contributed by atoms with Crippen LogP contribution in [0, 0.1) is 0 Å². The van der Waals surface area contributed by atoms with E-state index in [1.54, 1.807) is 49.6 Å². The Morgan fingerprint density at radius 1 is 0.750 bits per heavy atom. The van der Waals surface area contributed by atoms with Crippen LogP contribution in [0.5, 0.6) is 34.5 Å². The summed E-state index contributed by atoms with van der Waals surface area (Å²) in [6.07, 6.45) is 0. The molecule has 0 saturated heterocycles. The lowest BCUT2D eigenvalue weighted by Crippen LogP contribution is -2.42. The van der Waals surface area contributed by atoms with Gasteiger partial charge >= 0.3 is 0 Å². The SMILES string of the molecule is COc1ccc(CN(C(=O)Cn2nnc3ccccc32)C(C(=O)Nc2ccc(OC)cc2OC)c2cc(OC)c(OC)c(OC)c2)cc1. The highest BCUT2D eigenvalue weighted by molar-refractivity contribution is 5.99. The Morgan fingerprint density at radius 3 is 2.02 bits per heavy atom. The number of nitrogens with one attached hydrogen (secondary N) is 1. The van der Waals surface area contributed by atoms with Crippen molar-refractivity contribution in [1.29, 1.82) is 0 Å². The number of fused-ring (bicyclic) bond motifs is 1. The molecule has 5 rings (SSSR count). The number of para-hydroxylation sites is 1. The standard InChI is InChI=1S/C35H37N5O8/c1-43-24-13-11-22(12-14-24)20-39(32(41)21-40-28-10-8-7-9-26(28)37-38-40)33(23-17-30(46-4)34(48-6)31(18-23)47-5)35(42)36-27-16-15-25(44-2)19-29(27)45-3/h7-19,33H,20-21H2,1-6H3,(H,36,42). The first-order chi connectivity index (χ1) is 23.3. The number of rotatable bonds is 14. The molecule has 13 heteroatoms. The molecule has 5 aromatic rings. The molecule has 0 saturated carbocycles. The van der Waals surface area contributed by atoms with Gasteiger partial charge in [0, 0.05) is 12.6 Å². The third kappa shape index (κ3) is 7.04. The molecule has 0 spiro atoms. The summed E-state index contributed by atoms with van der Waals surface area (Å²) in [5.74, 6) is 1.58. The Bertz CT molecular complexity index is 1870. The molecule has 0 bridgehead atoms. The van der Waals surface area contributed by atoms with E-state index in [1.165, 1.54) is 45.1 Å². The summed E-state index contributed by atoms with van der Waals surface area (Å²) in [4.78, 5) is 30.6. The number of amides is 2. The van der Waals surface area contributed by atoms with Crippen molar-refractivity contribution in [3.63, 3.8) is 0 Å². The van der Waals surface area contributed by atoms with Crippen LogP contribution in [-0.2, 0) is 22.7 Å². The number of anilines is 1. The van der Waals surface area contributed by atoms with Gasteiger partial charge in [0.25, 0.3) is 5.91 Å². The number of carbonyl (C=O) groups is 2. The molecule has 0 aliphatic carbocycles. The molecule has 1 N–H and O–H groups in total. The Kier molecular flexibility index (Phi) is 10.5. The average Bonchev–Trinajstić information content (AvgIpc) is 3.53. The molecule has 0 fully saturated rings. The molecule has 0 aliphatic heterocycles. The zero-order valence-corrected chi connectivity index (χ0v) is 27.6. The molecule has 0 radical (unpaired) electrons. The van der Waals surface area contributed by atoms with Crippen molar-refractivity contribution >= 4 is 28.5 Å². The summed E-state index contributed by atoms with van der Waals surface area (Å²) >= 11 is 0. The summed E-state index contributed by atoms with van der Waals surface area (Å²) < 4.78 is 34.6. The van der Waals surface area contributed by atoms with Crippen LogP contribution in [0.15, 0.2) is 78.9 Å². The Labute approximate surface area is 277 Å². The second-order valence-corrected chi connectivity index (χ2v) is 10.5. The molecule has 1 aromatic heterocycles. The fraction of sp³-hybridized carbons (Fsp3) is 0.257. The molecule has 48 heavy (non-hydrogen) atoms. The summed E-state index contributed by atoms with van der Waals surface area (Å²) in [6.45, 7) is -0.152. The summed E-state index contributed by atoms with van der Waals surface area (Å²) in [6, 6.07) is 21.7. The van der Waals surface area contributed by atoms with E-state index in [9.17, 15) is 9.59 Å². The van der Waals surface area contributed by atoms with E-state index < -0.39 is 17.9 Å². The number of benzene rings is 4. The monoisotopic (exact) mass is 655 g/mol. The van der Waals surface area contributed by atoms with E-state index in [1.807, 2.05) is 36.4 Å². The summed E-state index contributed by atoms with van der Waals surface area (Å²) in [5.41, 5.74) is 2.84. The molecule has 1 atom stereocenters. The molecular weight excluding hydrogens is 618 g/mol. The van der Waals surface area contributed by atoms with E-state index in [4.69, 9.17) is 28.4 Å². The molecule has 2 amide bonds. The lowest BCUT2D eigenvalue weighted by Gasteiger charge is -2.32. The smallest absolute Gasteiger partial charge is 0.251 e. The summed E-state index contributed by atoms with van der Waals surface area (Å²) in [5, 5.41) is 11.4. The lowest BCUT2D eigenvalue weighted by molar-refractivity contribution is -0.140. The zero-order valence-electron chi connectivity index (χ0n) is 27.6. The van der Waals surface area contributed by atoms with Gasteiger partial charge in [0.05, 0.1) is 53.9 Å². The van der Waals surface area contributed by atoms with E-state index in [0.717, 1.165) is 5.56 Å². The zero-order chi connectivity index (χ0) is 34.2. The van der Waals surface area contributed by atoms with Crippen LogP contribution in [0.2, 0.25) is 0 Å². The normalized spacial score (nSPS) is 11.4. The maximum Gasteiger partial charge on any atom is 0.251 e. The van der Waals surface area contributed by atoms with Crippen LogP contribution >= 0.6 is 0 Å². The Morgan fingerprint density at radius 2 is 1.40 bits per heavy atom. The van der Waals surface area contributed by atoms with Crippen molar-refractivity contribution in [1.82, 2.24) is 19.9 Å². The average molecular weight is 656 g/mol. The summed E-state index contributed by atoms with van der Waals surface area (Å²) in [7, 11) is 9.05. The highest BCUT2D eigenvalue weighted by Crippen LogP contribution is 2.42. The van der Waals surface area contributed by atoms with Crippen LogP contribution in [-0.4, -0.2) is 74.4 Å². The molecule has 0 aliphatic rings. The van der Waals surface area contributed by atoms with Crippen LogP contribution in [0.25, 0.3) is 11.0 Å². The van der Waals surface area contributed by atoms with E-state index >= 15 is 0 Å². The van der Waals surface area contributed by atoms with E-state index in [2.05, 4.69) is 15.6 Å². The molecule has 1 unspecified atom stereocenters. The minimum atomic E-state index is -1.21. The van der Waals surface area contributed by atoms with Gasteiger partial charge in [-0.2, -0.15) is 0 Å². The number of hydrogen-bond acceptors (Lipinski definition) is 10. The van der Waals surface area contributed by atoms with E-state index in [-0.39, 0.29) is 13.1 Å². The number of nitrogens with zero attached hydrogens (tertiary/aromatic N) is 4. The lowest BCUT2D eigenvalue weighted by atomic mass is 10.0. The number of hydrogen-bond donors (Lipinski definition) is 1. The van der Waals surface area contributed by atoms with Gasteiger partial charge in [0.15, 0.2) is 11.5 Å². The van der Waals surface area contributed by atoms with Crippen molar-refractivity contribution in [3.8, 4) is 34.5 Å². The quantitative estimate of drug-likeness (QED) is 0.176. The second-order valence-electron chi connectivity index (χ2n) is 10.5. The minimum absolute atomic E-state index is 0.0456. The van der Waals surface area contributed by atoms with Gasteiger partial charge in [-0.1, -0.05) is 29.5 Å². The first-order valence-corrected chi connectivity index (χ1v) is 14.9. The topological polar surface area (TPSA) is 136 Å². The van der Waals surface area contributed by atoms with Gasteiger partial charge in [-0.05, 0) is 59.7 Å². The Balaban J connectivity index is 1.66. The predicted octanol–water partition coefficient (Wildman–Crippen LogP) is 4.89. The van der Waals surface area contributed by atoms with Gasteiger partial charge in [0.1, 0.15) is 35.4 Å². The highest BCUT2D eigenvalue weighted by Gasteiger charge is 2.34.